The summed E-state index contributed by atoms with van der Waals surface area (Å²) in [5.41, 5.74) is 2.36. The van der Waals surface area contributed by atoms with Crippen LogP contribution in [0.2, 0.25) is 0 Å². The third-order valence-electron chi connectivity index (χ3n) is 5.50. The zero-order valence-corrected chi connectivity index (χ0v) is 20.9. The molecule has 0 bridgehead atoms. The summed E-state index contributed by atoms with van der Waals surface area (Å²) in [7, 11) is 0. The summed E-state index contributed by atoms with van der Waals surface area (Å²) in [4.78, 5) is 12.6. The Balaban J connectivity index is 1.58. The first-order valence-corrected chi connectivity index (χ1v) is 12.0. The fraction of sp³-hybridized carbons (Fsp3) is 0.0667. The highest BCUT2D eigenvalue weighted by molar-refractivity contribution is 9.10. The highest BCUT2D eigenvalue weighted by atomic mass is 79.9. The number of allylic oxidation sites excluding steroid dienone is 1. The smallest absolute Gasteiger partial charge is 0.266 e. The molecule has 0 aliphatic rings. The molecular weight excluding hydrogens is 519 g/mol. The quantitative estimate of drug-likeness (QED) is 0.142. The Morgan fingerprint density at radius 2 is 1.81 bits per heavy atom. The van der Waals surface area contributed by atoms with Crippen molar-refractivity contribution in [1.82, 2.24) is 0 Å². The van der Waals surface area contributed by atoms with Gasteiger partial charge in [-0.15, -0.1) is 6.58 Å². The first kappa shape index (κ1) is 24.9. The Morgan fingerprint density at radius 3 is 2.56 bits per heavy atom. The van der Waals surface area contributed by atoms with Crippen LogP contribution in [0.15, 0.2) is 102 Å². The highest BCUT2D eigenvalue weighted by Crippen LogP contribution is 2.33. The summed E-state index contributed by atoms with van der Waals surface area (Å²) in [6.07, 6.45) is 3.74. The van der Waals surface area contributed by atoms with E-state index in [0.717, 1.165) is 16.5 Å². The molecule has 0 atom stereocenters. The second kappa shape index (κ2) is 11.5. The zero-order chi connectivity index (χ0) is 25.5. The predicted molar refractivity (Wildman–Crippen MR) is 145 cm³/mol. The number of amides is 1. The summed E-state index contributed by atoms with van der Waals surface area (Å²) >= 11 is 3.57. The standard InChI is InChI=1S/C30H22BrFN2O2/c1-2-7-24-15-21(16-25(18-33)30(35)34-28-11-6-5-10-27(28)32)17-26(31)29(24)36-19-20-12-13-22-8-3-4-9-23(22)14-20/h2-6,8-17H,1,7,19H2,(H,34,35)/b25-16-. The molecule has 0 unspecified atom stereocenters. The van der Waals surface area contributed by atoms with Crippen LogP contribution in [-0.4, -0.2) is 5.91 Å². The molecule has 4 nitrogen and oxygen atoms in total. The minimum Gasteiger partial charge on any atom is -0.487 e. The van der Waals surface area contributed by atoms with Crippen LogP contribution in [0.3, 0.4) is 0 Å². The average molecular weight is 541 g/mol. The Labute approximate surface area is 217 Å². The normalized spacial score (nSPS) is 11.1. The van der Waals surface area contributed by atoms with E-state index in [1.165, 1.54) is 29.7 Å². The number of hydrogen-bond acceptors (Lipinski definition) is 3. The van der Waals surface area contributed by atoms with E-state index in [0.29, 0.717) is 28.8 Å². The number of carbonyl (C=O) groups is 1. The van der Waals surface area contributed by atoms with Gasteiger partial charge >= 0.3 is 0 Å². The van der Waals surface area contributed by atoms with E-state index in [1.807, 2.05) is 30.3 Å². The lowest BCUT2D eigenvalue weighted by atomic mass is 10.0. The number of carbonyl (C=O) groups excluding carboxylic acids is 1. The Hall–Kier alpha value is -4.21. The molecule has 36 heavy (non-hydrogen) atoms. The lowest BCUT2D eigenvalue weighted by Crippen LogP contribution is -2.14. The van der Waals surface area contributed by atoms with Gasteiger partial charge in [0.15, 0.2) is 0 Å². The summed E-state index contributed by atoms with van der Waals surface area (Å²) in [5, 5.41) is 14.3. The van der Waals surface area contributed by atoms with E-state index >= 15 is 0 Å². The van der Waals surface area contributed by atoms with E-state index in [9.17, 15) is 14.4 Å². The molecule has 0 saturated heterocycles. The maximum Gasteiger partial charge on any atom is 0.266 e. The van der Waals surface area contributed by atoms with Crippen molar-refractivity contribution in [2.24, 2.45) is 0 Å². The molecule has 0 fully saturated rings. The Kier molecular flexibility index (Phi) is 7.94. The maximum atomic E-state index is 13.9. The van der Waals surface area contributed by atoms with Crippen molar-refractivity contribution in [3.63, 3.8) is 0 Å². The molecule has 4 aromatic rings. The third kappa shape index (κ3) is 5.88. The Bertz CT molecular complexity index is 1520. The lowest BCUT2D eigenvalue weighted by Gasteiger charge is -2.14. The largest absolute Gasteiger partial charge is 0.487 e. The average Bonchev–Trinajstić information content (AvgIpc) is 2.88. The molecule has 0 aliphatic carbocycles. The molecule has 0 aromatic heterocycles. The fourth-order valence-corrected chi connectivity index (χ4v) is 4.41. The number of anilines is 1. The topological polar surface area (TPSA) is 62.1 Å². The second-order valence-corrected chi connectivity index (χ2v) is 8.91. The number of nitriles is 1. The van der Waals surface area contributed by atoms with E-state index in [4.69, 9.17) is 4.74 Å². The SMILES string of the molecule is C=CCc1cc(/C=C(/C#N)C(=O)Nc2ccccc2F)cc(Br)c1OCc1ccc2ccccc2c1. The summed E-state index contributed by atoms with van der Waals surface area (Å²) in [5.74, 6) is -0.609. The minimum absolute atomic E-state index is 0.00890. The number of nitrogens with one attached hydrogen (secondary N) is 1. The number of halogens is 2. The predicted octanol–water partition coefficient (Wildman–Crippen LogP) is 7.59. The van der Waals surface area contributed by atoms with Crippen molar-refractivity contribution >= 4 is 44.4 Å². The van der Waals surface area contributed by atoms with E-state index in [1.54, 1.807) is 18.2 Å². The molecule has 178 valence electrons. The van der Waals surface area contributed by atoms with E-state index in [-0.39, 0.29) is 11.3 Å². The van der Waals surface area contributed by atoms with Gasteiger partial charge in [0.05, 0.1) is 10.2 Å². The van der Waals surface area contributed by atoms with Gasteiger partial charge in [-0.25, -0.2) is 4.39 Å². The van der Waals surface area contributed by atoms with Gasteiger partial charge in [-0.1, -0.05) is 54.6 Å². The monoisotopic (exact) mass is 540 g/mol. The van der Waals surface area contributed by atoms with Gasteiger partial charge in [0.2, 0.25) is 0 Å². The van der Waals surface area contributed by atoms with Gasteiger partial charge in [-0.2, -0.15) is 5.26 Å². The number of para-hydroxylation sites is 1. The van der Waals surface area contributed by atoms with Gasteiger partial charge in [0.25, 0.3) is 5.91 Å². The van der Waals surface area contributed by atoms with Crippen LogP contribution in [0.25, 0.3) is 16.8 Å². The number of hydrogen-bond donors (Lipinski definition) is 1. The van der Waals surface area contributed by atoms with Crippen LogP contribution in [-0.2, 0) is 17.8 Å². The number of benzene rings is 4. The maximum absolute atomic E-state index is 13.9. The van der Waals surface area contributed by atoms with Crippen LogP contribution in [0, 0.1) is 17.1 Å². The molecule has 0 heterocycles. The number of rotatable bonds is 8. The van der Waals surface area contributed by atoms with Crippen LogP contribution < -0.4 is 10.1 Å². The molecule has 4 aromatic carbocycles. The van der Waals surface area contributed by atoms with Gasteiger partial charge in [0, 0.05) is 0 Å². The van der Waals surface area contributed by atoms with E-state index < -0.39 is 11.7 Å². The first-order valence-electron chi connectivity index (χ1n) is 11.2. The van der Waals surface area contributed by atoms with Crippen LogP contribution in [0.1, 0.15) is 16.7 Å². The number of nitrogens with zero attached hydrogens (tertiary/aromatic N) is 1. The van der Waals surface area contributed by atoms with Crippen molar-refractivity contribution in [3.05, 3.63) is 124 Å². The molecule has 6 heteroatoms. The molecule has 4 rings (SSSR count). The van der Waals surface area contributed by atoms with Crippen LogP contribution in [0.5, 0.6) is 5.75 Å². The number of fused-ring (bicyclic) bond motifs is 1. The summed E-state index contributed by atoms with van der Waals surface area (Å²) in [6, 6.07) is 25.7. The van der Waals surface area contributed by atoms with Crippen molar-refractivity contribution < 1.29 is 13.9 Å². The molecule has 0 spiro atoms. The van der Waals surface area contributed by atoms with E-state index in [2.05, 4.69) is 52.1 Å². The van der Waals surface area contributed by atoms with Gasteiger partial charge in [-0.05, 0) is 86.2 Å². The van der Waals surface area contributed by atoms with Gasteiger partial charge in [0.1, 0.15) is 29.8 Å². The third-order valence-corrected chi connectivity index (χ3v) is 6.09. The summed E-state index contributed by atoms with van der Waals surface area (Å²) in [6.45, 7) is 4.20. The number of ether oxygens (including phenoxy) is 1. The minimum atomic E-state index is -0.694. The molecule has 1 N–H and O–H groups in total. The second-order valence-electron chi connectivity index (χ2n) is 8.06. The Morgan fingerprint density at radius 1 is 1.06 bits per heavy atom. The molecule has 0 saturated carbocycles. The van der Waals surface area contributed by atoms with Crippen LogP contribution >= 0.6 is 15.9 Å². The van der Waals surface area contributed by atoms with Gasteiger partial charge < -0.3 is 10.1 Å². The molecule has 0 radical (unpaired) electrons. The van der Waals surface area contributed by atoms with Crippen molar-refractivity contribution in [2.45, 2.75) is 13.0 Å². The lowest BCUT2D eigenvalue weighted by molar-refractivity contribution is -0.112. The first-order chi connectivity index (χ1) is 17.5. The van der Waals surface area contributed by atoms with Crippen LogP contribution in [0.4, 0.5) is 10.1 Å². The van der Waals surface area contributed by atoms with Gasteiger partial charge in [-0.3, -0.25) is 4.79 Å². The summed E-state index contributed by atoms with van der Waals surface area (Å²) < 4.78 is 20.8. The molecule has 0 aliphatic heterocycles. The molecular formula is C30H22BrFN2O2. The highest BCUT2D eigenvalue weighted by Gasteiger charge is 2.14. The molecule has 1 amide bonds. The zero-order valence-electron chi connectivity index (χ0n) is 19.3. The van der Waals surface area contributed by atoms with Crippen molar-refractivity contribution in [3.8, 4) is 11.8 Å². The van der Waals surface area contributed by atoms with Crippen molar-refractivity contribution in [2.75, 3.05) is 5.32 Å². The van der Waals surface area contributed by atoms with Crippen molar-refractivity contribution in [1.29, 1.82) is 5.26 Å². The fourth-order valence-electron chi connectivity index (χ4n) is 3.78.